The van der Waals surface area contributed by atoms with E-state index in [1.807, 2.05) is 6.07 Å². The smallest absolute Gasteiger partial charge is 0.416 e. The fourth-order valence-electron chi connectivity index (χ4n) is 2.98. The summed E-state index contributed by atoms with van der Waals surface area (Å²) >= 11 is 0. The maximum atomic E-state index is 12.8. The van der Waals surface area contributed by atoms with Crippen molar-refractivity contribution in [1.29, 1.82) is 0 Å². The van der Waals surface area contributed by atoms with Gasteiger partial charge in [-0.15, -0.1) is 0 Å². The van der Waals surface area contributed by atoms with E-state index in [2.05, 4.69) is 4.72 Å². The number of alkyl halides is 3. The summed E-state index contributed by atoms with van der Waals surface area (Å²) in [7, 11) is -3.36. The van der Waals surface area contributed by atoms with Crippen LogP contribution in [-0.4, -0.2) is 19.7 Å². The van der Waals surface area contributed by atoms with Crippen LogP contribution in [0, 0.1) is 0 Å². The van der Waals surface area contributed by atoms with Gasteiger partial charge >= 0.3 is 6.18 Å². The summed E-state index contributed by atoms with van der Waals surface area (Å²) in [5, 5.41) is -0.513. The van der Waals surface area contributed by atoms with Crippen LogP contribution in [0.3, 0.4) is 0 Å². The highest BCUT2D eigenvalue weighted by atomic mass is 32.2. The average Bonchev–Trinajstić information content (AvgIpc) is 2.95. The topological polar surface area (TPSA) is 55.4 Å². The maximum absolute atomic E-state index is 12.8. The minimum Gasteiger partial charge on any atom is -0.457 e. The van der Waals surface area contributed by atoms with E-state index in [9.17, 15) is 21.6 Å². The molecule has 1 N–H and O–H groups in total. The first-order valence-corrected chi connectivity index (χ1v) is 10.1. The van der Waals surface area contributed by atoms with Gasteiger partial charge < -0.3 is 4.74 Å². The molecule has 0 spiro atoms. The highest BCUT2D eigenvalue weighted by molar-refractivity contribution is 7.90. The van der Waals surface area contributed by atoms with Gasteiger partial charge in [0.25, 0.3) is 0 Å². The molecule has 0 bridgehead atoms. The molecule has 2 aromatic carbocycles. The third-order valence-corrected chi connectivity index (χ3v) is 6.36. The molecule has 0 amide bonds. The second-order valence-corrected chi connectivity index (χ2v) is 9.14. The Morgan fingerprint density at radius 2 is 1.70 bits per heavy atom. The summed E-state index contributed by atoms with van der Waals surface area (Å²) in [6.07, 6.45) is -3.34. The number of hydrogen-bond acceptors (Lipinski definition) is 3. The zero-order valence-electron chi connectivity index (χ0n) is 14.9. The van der Waals surface area contributed by atoms with E-state index < -0.39 is 27.0 Å². The Balaban J connectivity index is 1.73. The van der Waals surface area contributed by atoms with Crippen molar-refractivity contribution in [3.8, 4) is 11.5 Å². The van der Waals surface area contributed by atoms with Crippen molar-refractivity contribution in [3.63, 3.8) is 0 Å². The molecule has 27 heavy (non-hydrogen) atoms. The Hall–Kier alpha value is -2.06. The molecule has 2 aromatic rings. The monoisotopic (exact) mass is 399 g/mol. The van der Waals surface area contributed by atoms with E-state index >= 15 is 0 Å². The molecular formula is C19H20F3NO3S. The number of benzene rings is 2. The second kappa shape index (κ2) is 7.16. The number of nitrogens with one attached hydrogen (secondary N) is 1. The van der Waals surface area contributed by atoms with Gasteiger partial charge in [-0.2, -0.15) is 13.2 Å². The number of halogens is 3. The van der Waals surface area contributed by atoms with Crippen molar-refractivity contribution >= 4 is 10.0 Å². The fraction of sp³-hybridized carbons (Fsp3) is 0.368. The number of ether oxygens (including phenoxy) is 1. The Kier molecular flexibility index (Phi) is 5.22. The van der Waals surface area contributed by atoms with E-state index in [4.69, 9.17) is 4.74 Å². The summed E-state index contributed by atoms with van der Waals surface area (Å²) in [6.45, 7) is 3.23. The first-order chi connectivity index (χ1) is 12.5. The van der Waals surface area contributed by atoms with Crippen LogP contribution in [0.25, 0.3) is 0 Å². The van der Waals surface area contributed by atoms with Crippen LogP contribution in [0.1, 0.15) is 30.5 Å². The van der Waals surface area contributed by atoms with Gasteiger partial charge in [0.05, 0.1) is 10.8 Å². The van der Waals surface area contributed by atoms with Gasteiger partial charge in [0.15, 0.2) is 0 Å². The van der Waals surface area contributed by atoms with Gasteiger partial charge in [0.1, 0.15) is 11.5 Å². The van der Waals surface area contributed by atoms with Crippen LogP contribution in [0.5, 0.6) is 11.5 Å². The minimum atomic E-state index is -4.43. The molecule has 0 heterocycles. The maximum Gasteiger partial charge on any atom is 0.416 e. The van der Waals surface area contributed by atoms with Crippen LogP contribution in [0.4, 0.5) is 13.2 Å². The third kappa shape index (κ3) is 4.62. The lowest BCUT2D eigenvalue weighted by Gasteiger charge is -2.14. The van der Waals surface area contributed by atoms with Gasteiger partial charge in [-0.25, -0.2) is 13.1 Å². The standard InChI is InChI=1S/C19H20F3NO3S/c1-12(2)27(24,25)23-16-8-13-6-7-18(10-14(13)9-16)26-17-5-3-4-15(11-17)19(20,21)22/h3-7,10-12,16,23H,8-9H2,1-2H3. The summed E-state index contributed by atoms with van der Waals surface area (Å²) in [6, 6.07) is 9.72. The highest BCUT2D eigenvalue weighted by Gasteiger charge is 2.31. The molecule has 1 atom stereocenters. The van der Waals surface area contributed by atoms with Gasteiger partial charge in [-0.1, -0.05) is 12.1 Å². The zero-order chi connectivity index (χ0) is 19.8. The van der Waals surface area contributed by atoms with Crippen LogP contribution in [-0.2, 0) is 29.0 Å². The highest BCUT2D eigenvalue weighted by Crippen LogP contribution is 2.34. The molecular weight excluding hydrogens is 379 g/mol. The van der Waals surface area contributed by atoms with Crippen molar-refractivity contribution in [3.05, 3.63) is 59.2 Å². The number of rotatable bonds is 5. The lowest BCUT2D eigenvalue weighted by Crippen LogP contribution is -2.39. The minimum absolute atomic E-state index is 0.0971. The number of sulfonamides is 1. The van der Waals surface area contributed by atoms with Gasteiger partial charge in [0, 0.05) is 6.04 Å². The molecule has 3 rings (SSSR count). The predicted octanol–water partition coefficient (Wildman–Crippen LogP) is 4.29. The van der Waals surface area contributed by atoms with E-state index in [1.165, 1.54) is 12.1 Å². The molecule has 0 radical (unpaired) electrons. The van der Waals surface area contributed by atoms with Crippen molar-refractivity contribution in [2.75, 3.05) is 0 Å². The molecule has 1 unspecified atom stereocenters. The molecule has 0 aromatic heterocycles. The van der Waals surface area contributed by atoms with Crippen LogP contribution in [0.15, 0.2) is 42.5 Å². The normalized spacial score (nSPS) is 17.2. The Morgan fingerprint density at radius 1 is 1.04 bits per heavy atom. The van der Waals surface area contributed by atoms with Crippen molar-refractivity contribution in [2.24, 2.45) is 0 Å². The Morgan fingerprint density at radius 3 is 2.37 bits per heavy atom. The van der Waals surface area contributed by atoms with Gasteiger partial charge in [-0.3, -0.25) is 0 Å². The van der Waals surface area contributed by atoms with Crippen LogP contribution in [0.2, 0.25) is 0 Å². The number of hydrogen-bond donors (Lipinski definition) is 1. The molecule has 1 aliphatic rings. The summed E-state index contributed by atoms with van der Waals surface area (Å²) in [4.78, 5) is 0. The van der Waals surface area contributed by atoms with E-state index in [1.54, 1.807) is 26.0 Å². The molecule has 0 aliphatic heterocycles. The van der Waals surface area contributed by atoms with E-state index in [-0.39, 0.29) is 11.8 Å². The van der Waals surface area contributed by atoms with Crippen molar-refractivity contribution in [1.82, 2.24) is 4.72 Å². The van der Waals surface area contributed by atoms with Gasteiger partial charge in [0.2, 0.25) is 10.0 Å². The average molecular weight is 399 g/mol. The van der Waals surface area contributed by atoms with Gasteiger partial charge in [-0.05, 0) is 68.1 Å². The second-order valence-electron chi connectivity index (χ2n) is 6.87. The fourth-order valence-corrected chi connectivity index (χ4v) is 3.89. The molecule has 0 saturated carbocycles. The van der Waals surface area contributed by atoms with Crippen LogP contribution < -0.4 is 9.46 Å². The molecule has 0 fully saturated rings. The number of fused-ring (bicyclic) bond motifs is 1. The summed E-state index contributed by atoms with van der Waals surface area (Å²) in [5.41, 5.74) is 1.16. The van der Waals surface area contributed by atoms with E-state index in [0.29, 0.717) is 18.6 Å². The molecule has 0 saturated heterocycles. The predicted molar refractivity (Wildman–Crippen MR) is 96.3 cm³/mol. The summed E-state index contributed by atoms with van der Waals surface area (Å²) in [5.74, 6) is 0.514. The first-order valence-electron chi connectivity index (χ1n) is 8.52. The van der Waals surface area contributed by atoms with Crippen molar-refractivity contribution < 1.29 is 26.3 Å². The van der Waals surface area contributed by atoms with Crippen molar-refractivity contribution in [2.45, 2.75) is 44.2 Å². The Labute approximate surface area is 156 Å². The molecule has 146 valence electrons. The molecule has 1 aliphatic carbocycles. The van der Waals surface area contributed by atoms with E-state index in [0.717, 1.165) is 23.3 Å². The van der Waals surface area contributed by atoms with Crippen LogP contribution >= 0.6 is 0 Å². The lowest BCUT2D eigenvalue weighted by molar-refractivity contribution is -0.137. The molecule has 8 heteroatoms. The first kappa shape index (κ1) is 19.7. The SMILES string of the molecule is CC(C)S(=O)(=O)NC1Cc2ccc(Oc3cccc(C(F)(F)F)c3)cc2C1. The lowest BCUT2D eigenvalue weighted by atomic mass is 10.1. The Bertz CT molecular complexity index is 939. The molecule has 4 nitrogen and oxygen atoms in total. The zero-order valence-corrected chi connectivity index (χ0v) is 15.7. The largest absolute Gasteiger partial charge is 0.457 e. The third-order valence-electron chi connectivity index (χ3n) is 4.46. The quantitative estimate of drug-likeness (QED) is 0.816. The summed E-state index contributed by atoms with van der Waals surface area (Å²) < 4.78 is 70.8.